The Morgan fingerprint density at radius 1 is 1.50 bits per heavy atom. The number of anilines is 1. The molecule has 98 valence electrons. The molecule has 1 saturated heterocycles. The molecule has 0 aliphatic carbocycles. The smallest absolute Gasteiger partial charge is 0.217 e. The average molecular weight is 248 g/mol. The molecule has 1 heterocycles. The molecule has 0 saturated carbocycles. The van der Waals surface area contributed by atoms with Crippen molar-refractivity contribution in [3.63, 3.8) is 0 Å². The van der Waals surface area contributed by atoms with Crippen LogP contribution in [0.4, 0.5) is 5.69 Å². The van der Waals surface area contributed by atoms with Crippen LogP contribution in [-0.2, 0) is 4.79 Å². The number of para-hydroxylation sites is 1. The Morgan fingerprint density at radius 3 is 2.89 bits per heavy atom. The van der Waals surface area contributed by atoms with Crippen LogP contribution in [0.3, 0.4) is 0 Å². The van der Waals surface area contributed by atoms with Crippen molar-refractivity contribution in [2.24, 2.45) is 0 Å². The molecule has 4 heteroatoms. The third-order valence-corrected chi connectivity index (χ3v) is 3.32. The Kier molecular flexibility index (Phi) is 3.87. The first-order chi connectivity index (χ1) is 8.58. The molecule has 1 amide bonds. The summed E-state index contributed by atoms with van der Waals surface area (Å²) in [5.74, 6) is 0.0191. The number of rotatable bonds is 3. The van der Waals surface area contributed by atoms with E-state index in [1.165, 1.54) is 0 Å². The van der Waals surface area contributed by atoms with Gasteiger partial charge in [-0.05, 0) is 19.4 Å². The van der Waals surface area contributed by atoms with Gasteiger partial charge in [0.15, 0.2) is 0 Å². The predicted molar refractivity (Wildman–Crippen MR) is 71.5 cm³/mol. The zero-order valence-electron chi connectivity index (χ0n) is 10.9. The van der Waals surface area contributed by atoms with Gasteiger partial charge < -0.3 is 15.3 Å². The number of hydrogen-bond acceptors (Lipinski definition) is 3. The number of nitrogens with zero attached hydrogens (tertiary/aromatic N) is 1. The molecule has 2 N–H and O–H groups in total. The highest BCUT2D eigenvalue weighted by Gasteiger charge is 2.25. The third kappa shape index (κ3) is 2.82. The van der Waals surface area contributed by atoms with Crippen molar-refractivity contribution in [3.8, 4) is 0 Å². The van der Waals surface area contributed by atoms with Crippen molar-refractivity contribution in [3.05, 3.63) is 29.8 Å². The second-order valence-electron chi connectivity index (χ2n) is 4.87. The van der Waals surface area contributed by atoms with E-state index in [0.717, 1.165) is 30.8 Å². The van der Waals surface area contributed by atoms with E-state index in [1.807, 2.05) is 24.3 Å². The number of aliphatic hydroxyl groups is 1. The van der Waals surface area contributed by atoms with Crippen LogP contribution in [0.1, 0.15) is 31.9 Å². The molecule has 0 aromatic heterocycles. The Morgan fingerprint density at radius 2 is 2.22 bits per heavy atom. The molecule has 2 rings (SSSR count). The van der Waals surface area contributed by atoms with Crippen molar-refractivity contribution in [2.75, 3.05) is 18.0 Å². The van der Waals surface area contributed by atoms with Gasteiger partial charge in [0.25, 0.3) is 0 Å². The minimum absolute atomic E-state index is 0.0191. The summed E-state index contributed by atoms with van der Waals surface area (Å²) in [7, 11) is 0. The molecule has 1 unspecified atom stereocenters. The van der Waals surface area contributed by atoms with Crippen LogP contribution in [0, 0.1) is 0 Å². The number of aliphatic hydroxyl groups excluding tert-OH is 1. The van der Waals surface area contributed by atoms with E-state index in [1.54, 1.807) is 13.8 Å². The zero-order chi connectivity index (χ0) is 13.1. The van der Waals surface area contributed by atoms with Crippen LogP contribution in [0.5, 0.6) is 0 Å². The van der Waals surface area contributed by atoms with E-state index in [2.05, 4.69) is 10.2 Å². The third-order valence-electron chi connectivity index (χ3n) is 3.32. The topological polar surface area (TPSA) is 52.6 Å². The van der Waals surface area contributed by atoms with Crippen molar-refractivity contribution >= 4 is 11.6 Å². The number of benzene rings is 1. The van der Waals surface area contributed by atoms with Crippen molar-refractivity contribution in [2.45, 2.75) is 32.4 Å². The Balaban J connectivity index is 2.12. The van der Waals surface area contributed by atoms with Gasteiger partial charge in [-0.2, -0.15) is 0 Å². The van der Waals surface area contributed by atoms with Gasteiger partial charge in [0, 0.05) is 37.3 Å². The van der Waals surface area contributed by atoms with Gasteiger partial charge in [-0.1, -0.05) is 18.2 Å². The highest BCUT2D eigenvalue weighted by molar-refractivity contribution is 5.73. The maximum Gasteiger partial charge on any atom is 0.217 e. The highest BCUT2D eigenvalue weighted by atomic mass is 16.3. The van der Waals surface area contributed by atoms with Crippen molar-refractivity contribution < 1.29 is 9.90 Å². The summed E-state index contributed by atoms with van der Waals surface area (Å²) >= 11 is 0. The van der Waals surface area contributed by atoms with Crippen LogP contribution in [0.2, 0.25) is 0 Å². The molecule has 1 aromatic carbocycles. The number of amides is 1. The first kappa shape index (κ1) is 12.9. The van der Waals surface area contributed by atoms with Crippen LogP contribution in [0.15, 0.2) is 24.3 Å². The monoisotopic (exact) mass is 248 g/mol. The summed E-state index contributed by atoms with van der Waals surface area (Å²) in [6, 6.07) is 8.11. The lowest BCUT2D eigenvalue weighted by Crippen LogP contribution is -2.35. The second kappa shape index (κ2) is 5.40. The molecular weight excluding hydrogens is 228 g/mol. The molecule has 2 atom stereocenters. The lowest BCUT2D eigenvalue weighted by Gasteiger charge is -2.23. The molecule has 18 heavy (non-hydrogen) atoms. The Hall–Kier alpha value is -1.55. The maximum absolute atomic E-state index is 11.0. The van der Waals surface area contributed by atoms with E-state index in [9.17, 15) is 9.90 Å². The Bertz CT molecular complexity index is 432. The molecule has 1 aromatic rings. The molecule has 1 fully saturated rings. The maximum atomic E-state index is 11.0. The molecule has 0 spiro atoms. The van der Waals surface area contributed by atoms with E-state index in [4.69, 9.17) is 0 Å². The SMILES string of the molecule is CC(=O)NC1CCN(c2ccccc2[C@@H](C)O)C1. The summed E-state index contributed by atoms with van der Waals surface area (Å²) < 4.78 is 0. The van der Waals surface area contributed by atoms with Crippen LogP contribution < -0.4 is 10.2 Å². The number of carbonyl (C=O) groups excluding carboxylic acids is 1. The summed E-state index contributed by atoms with van der Waals surface area (Å²) in [6.07, 6.45) is 0.481. The fraction of sp³-hybridized carbons (Fsp3) is 0.500. The first-order valence-corrected chi connectivity index (χ1v) is 6.37. The van der Waals surface area contributed by atoms with Gasteiger partial charge in [-0.3, -0.25) is 4.79 Å². The minimum atomic E-state index is -0.471. The average Bonchev–Trinajstić information content (AvgIpc) is 2.76. The second-order valence-corrected chi connectivity index (χ2v) is 4.87. The van der Waals surface area contributed by atoms with E-state index >= 15 is 0 Å². The zero-order valence-corrected chi connectivity index (χ0v) is 10.9. The molecular formula is C14H20N2O2. The van der Waals surface area contributed by atoms with E-state index < -0.39 is 6.10 Å². The lowest BCUT2D eigenvalue weighted by molar-refractivity contribution is -0.119. The van der Waals surface area contributed by atoms with E-state index in [-0.39, 0.29) is 11.9 Å². The summed E-state index contributed by atoms with van der Waals surface area (Å²) in [4.78, 5) is 13.3. The summed E-state index contributed by atoms with van der Waals surface area (Å²) in [6.45, 7) is 5.05. The molecule has 4 nitrogen and oxygen atoms in total. The summed E-state index contributed by atoms with van der Waals surface area (Å²) in [5, 5.41) is 12.7. The number of nitrogens with one attached hydrogen (secondary N) is 1. The van der Waals surface area contributed by atoms with Crippen molar-refractivity contribution in [1.29, 1.82) is 0 Å². The molecule has 0 radical (unpaired) electrons. The van der Waals surface area contributed by atoms with Crippen molar-refractivity contribution in [1.82, 2.24) is 5.32 Å². The predicted octanol–water partition coefficient (Wildman–Crippen LogP) is 1.45. The fourth-order valence-corrected chi connectivity index (χ4v) is 2.51. The number of carbonyl (C=O) groups is 1. The normalized spacial score (nSPS) is 20.8. The first-order valence-electron chi connectivity index (χ1n) is 6.37. The quantitative estimate of drug-likeness (QED) is 0.851. The van der Waals surface area contributed by atoms with Crippen LogP contribution in [-0.4, -0.2) is 30.1 Å². The lowest BCUT2D eigenvalue weighted by atomic mass is 10.1. The van der Waals surface area contributed by atoms with Crippen LogP contribution >= 0.6 is 0 Å². The molecule has 0 bridgehead atoms. The fourth-order valence-electron chi connectivity index (χ4n) is 2.51. The summed E-state index contributed by atoms with van der Waals surface area (Å²) in [5.41, 5.74) is 2.02. The largest absolute Gasteiger partial charge is 0.389 e. The minimum Gasteiger partial charge on any atom is -0.389 e. The standard InChI is InChI=1S/C14H20N2O2/c1-10(17)13-5-3-4-6-14(13)16-8-7-12(9-16)15-11(2)18/h3-6,10,12,17H,7-9H2,1-2H3,(H,15,18)/t10-,12?/m1/s1. The van der Waals surface area contributed by atoms with E-state index in [0.29, 0.717) is 0 Å². The van der Waals surface area contributed by atoms with Gasteiger partial charge in [-0.15, -0.1) is 0 Å². The van der Waals surface area contributed by atoms with Gasteiger partial charge in [0.2, 0.25) is 5.91 Å². The van der Waals surface area contributed by atoms with Gasteiger partial charge in [0.1, 0.15) is 0 Å². The highest BCUT2D eigenvalue weighted by Crippen LogP contribution is 2.28. The Labute approximate surface area is 108 Å². The number of hydrogen-bond donors (Lipinski definition) is 2. The van der Waals surface area contributed by atoms with Crippen LogP contribution in [0.25, 0.3) is 0 Å². The van der Waals surface area contributed by atoms with Gasteiger partial charge in [-0.25, -0.2) is 0 Å². The van der Waals surface area contributed by atoms with Gasteiger partial charge in [0.05, 0.1) is 6.10 Å². The molecule has 1 aliphatic heterocycles. The van der Waals surface area contributed by atoms with Gasteiger partial charge >= 0.3 is 0 Å². The molecule has 1 aliphatic rings.